The van der Waals surface area contributed by atoms with Crippen molar-refractivity contribution >= 4 is 0 Å². The third-order valence-electron chi connectivity index (χ3n) is 3.39. The van der Waals surface area contributed by atoms with Crippen LogP contribution in [0.3, 0.4) is 0 Å². The van der Waals surface area contributed by atoms with Gasteiger partial charge in [0, 0.05) is 6.04 Å². The smallest absolute Gasteiger partial charge is 0.119 e. The highest BCUT2D eigenvalue weighted by molar-refractivity contribution is 5.28. The molecule has 0 aliphatic carbocycles. The van der Waals surface area contributed by atoms with Crippen LogP contribution in [0, 0.1) is 5.92 Å². The highest BCUT2D eigenvalue weighted by Gasteiger charge is 2.06. The van der Waals surface area contributed by atoms with Crippen LogP contribution in [0.2, 0.25) is 0 Å². The maximum Gasteiger partial charge on any atom is 0.119 e. The molecule has 1 atom stereocenters. The van der Waals surface area contributed by atoms with E-state index < -0.39 is 0 Å². The maximum absolute atomic E-state index is 5.97. The summed E-state index contributed by atoms with van der Waals surface area (Å²) in [5.74, 6) is 1.61. The fraction of sp³-hybridized carbons (Fsp3) is 0.600. The summed E-state index contributed by atoms with van der Waals surface area (Å²) in [4.78, 5) is 0. The maximum atomic E-state index is 5.97. The molecule has 0 saturated carbocycles. The van der Waals surface area contributed by atoms with Gasteiger partial charge in [0.15, 0.2) is 0 Å². The first kappa shape index (κ1) is 14.0. The second kappa shape index (κ2) is 7.33. The monoisotopic (exact) mass is 235 g/mol. The van der Waals surface area contributed by atoms with Gasteiger partial charge in [0.05, 0.1) is 6.61 Å². The van der Waals surface area contributed by atoms with E-state index in [9.17, 15) is 0 Å². The zero-order valence-corrected chi connectivity index (χ0v) is 11.3. The van der Waals surface area contributed by atoms with E-state index in [4.69, 9.17) is 10.5 Å². The average Bonchev–Trinajstić information content (AvgIpc) is 2.39. The fourth-order valence-corrected chi connectivity index (χ4v) is 1.79. The molecule has 1 aromatic carbocycles. The minimum absolute atomic E-state index is 0.142. The van der Waals surface area contributed by atoms with E-state index in [0.717, 1.165) is 18.8 Å². The van der Waals surface area contributed by atoms with Crippen molar-refractivity contribution < 1.29 is 4.74 Å². The Morgan fingerprint density at radius 1 is 1.00 bits per heavy atom. The Labute approximate surface area is 105 Å². The molecular formula is C15H25NO. The van der Waals surface area contributed by atoms with E-state index in [1.165, 1.54) is 18.4 Å². The summed E-state index contributed by atoms with van der Waals surface area (Å²) in [5, 5.41) is 0. The second-order valence-electron chi connectivity index (χ2n) is 4.58. The van der Waals surface area contributed by atoms with Crippen LogP contribution in [0.5, 0.6) is 5.75 Å². The van der Waals surface area contributed by atoms with Crippen molar-refractivity contribution in [3.8, 4) is 5.75 Å². The van der Waals surface area contributed by atoms with Crippen LogP contribution in [-0.2, 0) is 0 Å². The largest absolute Gasteiger partial charge is 0.493 e. The lowest BCUT2D eigenvalue weighted by Crippen LogP contribution is -2.11. The number of benzene rings is 1. The van der Waals surface area contributed by atoms with Gasteiger partial charge in [0.1, 0.15) is 5.75 Å². The summed E-state index contributed by atoms with van der Waals surface area (Å²) in [6, 6.07) is 8.32. The van der Waals surface area contributed by atoms with Gasteiger partial charge in [-0.05, 0) is 30.0 Å². The first-order valence-corrected chi connectivity index (χ1v) is 6.69. The van der Waals surface area contributed by atoms with Gasteiger partial charge >= 0.3 is 0 Å². The van der Waals surface area contributed by atoms with Crippen molar-refractivity contribution in [1.29, 1.82) is 0 Å². The van der Waals surface area contributed by atoms with Gasteiger partial charge < -0.3 is 10.5 Å². The van der Waals surface area contributed by atoms with Gasteiger partial charge in [-0.2, -0.15) is 0 Å². The summed E-state index contributed by atoms with van der Waals surface area (Å²) in [6.07, 6.45) is 3.32. The minimum atomic E-state index is 0.142. The van der Waals surface area contributed by atoms with Crippen molar-refractivity contribution in [2.24, 2.45) is 11.7 Å². The molecule has 0 fully saturated rings. The van der Waals surface area contributed by atoms with Crippen LogP contribution < -0.4 is 10.5 Å². The van der Waals surface area contributed by atoms with Gasteiger partial charge in [-0.3, -0.25) is 0 Å². The quantitative estimate of drug-likeness (QED) is 0.777. The van der Waals surface area contributed by atoms with Crippen LogP contribution in [0.4, 0.5) is 0 Å². The molecule has 0 heterocycles. The lowest BCUT2D eigenvalue weighted by molar-refractivity contribution is 0.240. The third kappa shape index (κ3) is 4.39. The first-order chi connectivity index (χ1) is 8.21. The second-order valence-corrected chi connectivity index (χ2v) is 4.58. The van der Waals surface area contributed by atoms with Crippen molar-refractivity contribution in [2.75, 3.05) is 6.61 Å². The molecule has 0 amide bonds. The number of ether oxygens (including phenoxy) is 1. The van der Waals surface area contributed by atoms with Crippen molar-refractivity contribution in [1.82, 2.24) is 0 Å². The van der Waals surface area contributed by atoms with E-state index in [-0.39, 0.29) is 6.04 Å². The van der Waals surface area contributed by atoms with Crippen LogP contribution in [-0.4, -0.2) is 6.61 Å². The van der Waals surface area contributed by atoms with E-state index in [1.54, 1.807) is 0 Å². The lowest BCUT2D eigenvalue weighted by Gasteiger charge is -2.14. The van der Waals surface area contributed by atoms with Gasteiger partial charge in [-0.1, -0.05) is 45.7 Å². The number of hydrogen-bond donors (Lipinski definition) is 1. The van der Waals surface area contributed by atoms with Gasteiger partial charge in [0.2, 0.25) is 0 Å². The third-order valence-corrected chi connectivity index (χ3v) is 3.39. The molecule has 2 nitrogen and oxygen atoms in total. The van der Waals surface area contributed by atoms with Crippen LogP contribution in [0.1, 0.15) is 51.6 Å². The lowest BCUT2D eigenvalue weighted by atomic mass is 10.0. The Morgan fingerprint density at radius 3 is 2.06 bits per heavy atom. The van der Waals surface area contributed by atoms with Gasteiger partial charge in [0.25, 0.3) is 0 Å². The van der Waals surface area contributed by atoms with Crippen molar-refractivity contribution in [2.45, 2.75) is 46.1 Å². The summed E-state index contributed by atoms with van der Waals surface area (Å²) in [6.45, 7) is 7.33. The Hall–Kier alpha value is -1.02. The van der Waals surface area contributed by atoms with E-state index >= 15 is 0 Å². The zero-order valence-electron chi connectivity index (χ0n) is 11.3. The topological polar surface area (TPSA) is 35.2 Å². The molecule has 0 bridgehead atoms. The van der Waals surface area contributed by atoms with Crippen molar-refractivity contribution in [3.05, 3.63) is 29.8 Å². The predicted molar refractivity (Wildman–Crippen MR) is 73.2 cm³/mol. The highest BCUT2D eigenvalue weighted by atomic mass is 16.5. The molecule has 96 valence electrons. The van der Waals surface area contributed by atoms with Crippen LogP contribution >= 0.6 is 0 Å². The molecule has 0 radical (unpaired) electrons. The van der Waals surface area contributed by atoms with Crippen LogP contribution in [0.25, 0.3) is 0 Å². The highest BCUT2D eigenvalue weighted by Crippen LogP contribution is 2.19. The Kier molecular flexibility index (Phi) is 6.06. The summed E-state index contributed by atoms with van der Waals surface area (Å²) in [5.41, 5.74) is 7.15. The molecule has 0 unspecified atom stereocenters. The van der Waals surface area contributed by atoms with Crippen LogP contribution in [0.15, 0.2) is 24.3 Å². The van der Waals surface area contributed by atoms with Crippen molar-refractivity contribution in [3.63, 3.8) is 0 Å². The predicted octanol–water partition coefficient (Wildman–Crippen LogP) is 3.91. The number of hydrogen-bond acceptors (Lipinski definition) is 2. The van der Waals surface area contributed by atoms with E-state index in [2.05, 4.69) is 32.9 Å². The summed E-state index contributed by atoms with van der Waals surface area (Å²) in [7, 11) is 0. The summed E-state index contributed by atoms with van der Waals surface area (Å²) >= 11 is 0. The zero-order chi connectivity index (χ0) is 12.7. The normalized spacial score (nSPS) is 12.8. The number of rotatable bonds is 7. The first-order valence-electron chi connectivity index (χ1n) is 6.69. The Balaban J connectivity index is 2.50. The molecule has 1 aromatic rings. The Morgan fingerprint density at radius 2 is 1.59 bits per heavy atom. The molecule has 0 aliphatic rings. The SMILES string of the molecule is CCC(CC)COc1ccc([C@H](N)CC)cc1. The minimum Gasteiger partial charge on any atom is -0.493 e. The molecule has 2 N–H and O–H groups in total. The standard InChI is InChI=1S/C15H25NO/c1-4-12(5-2)11-17-14-9-7-13(8-10-14)15(16)6-3/h7-10,12,15H,4-6,11,16H2,1-3H3/t15-/m1/s1. The number of nitrogens with two attached hydrogens (primary N) is 1. The summed E-state index contributed by atoms with van der Waals surface area (Å²) < 4.78 is 5.78. The van der Waals surface area contributed by atoms with Gasteiger partial charge in [-0.15, -0.1) is 0 Å². The van der Waals surface area contributed by atoms with E-state index in [0.29, 0.717) is 5.92 Å². The molecule has 0 aliphatic heterocycles. The molecule has 17 heavy (non-hydrogen) atoms. The Bertz CT molecular complexity index is 303. The van der Waals surface area contributed by atoms with E-state index in [1.807, 2.05) is 12.1 Å². The van der Waals surface area contributed by atoms with Gasteiger partial charge in [-0.25, -0.2) is 0 Å². The molecule has 1 rings (SSSR count). The average molecular weight is 235 g/mol. The molecular weight excluding hydrogens is 210 g/mol. The molecule has 0 saturated heterocycles. The fourth-order valence-electron chi connectivity index (χ4n) is 1.79. The molecule has 0 spiro atoms. The molecule has 0 aromatic heterocycles. The molecule has 2 heteroatoms.